The van der Waals surface area contributed by atoms with Crippen LogP contribution in [0.3, 0.4) is 0 Å². The van der Waals surface area contributed by atoms with Crippen LogP contribution < -0.4 is 14.5 Å². The molecule has 8 aromatic carbocycles. The first-order valence-electron chi connectivity index (χ1n) is 23.7. The van der Waals surface area contributed by atoms with Crippen LogP contribution in [0, 0.1) is 5.82 Å². The second-order valence-electron chi connectivity index (χ2n) is 18.7. The Labute approximate surface area is 398 Å². The maximum absolute atomic E-state index is 14.4. The monoisotopic (exact) mass is 888 g/mol. The van der Waals surface area contributed by atoms with Gasteiger partial charge in [-0.15, -0.1) is 0 Å². The zero-order valence-electron chi connectivity index (χ0n) is 39.2. The van der Waals surface area contributed by atoms with Gasteiger partial charge in [0.1, 0.15) is 29.8 Å². The van der Waals surface area contributed by atoms with E-state index in [0.29, 0.717) is 6.67 Å². The Hall–Kier alpha value is -7.96. The van der Waals surface area contributed by atoms with Crippen molar-refractivity contribution in [1.29, 1.82) is 0 Å². The predicted molar refractivity (Wildman–Crippen MR) is 281 cm³/mol. The zero-order valence-corrected chi connectivity index (χ0v) is 39.2. The van der Waals surface area contributed by atoms with Gasteiger partial charge < -0.3 is 14.5 Å². The van der Waals surface area contributed by atoms with E-state index in [9.17, 15) is 4.39 Å². The van der Waals surface area contributed by atoms with E-state index in [1.165, 1.54) is 27.6 Å². The fourth-order valence-corrected chi connectivity index (χ4v) is 10.1. The molecule has 10 aromatic rings. The summed E-state index contributed by atoms with van der Waals surface area (Å²) >= 11 is 0. The Bertz CT molecular complexity index is 3470. The van der Waals surface area contributed by atoms with Crippen molar-refractivity contribution in [3.8, 4) is 50.7 Å². The first-order valence-corrected chi connectivity index (χ1v) is 23.7. The number of rotatable bonds is 10. The average Bonchev–Trinajstić information content (AvgIpc) is 3.92. The molecule has 0 radical (unpaired) electrons. The molecular weight excluding hydrogens is 836 g/mol. The van der Waals surface area contributed by atoms with Crippen molar-refractivity contribution in [2.45, 2.75) is 52.9 Å². The lowest BCUT2D eigenvalue weighted by atomic mass is 9.88. The molecule has 0 N–H and O–H groups in total. The molecule has 0 spiro atoms. The SMILES string of the molecule is CCc1cccc(CC)c1-c1cc(Oc2ccc3c4ccccc4n(-c4cc(C(C)(C)C)ccn4)c3c2)cc(N2CN(c3c(-c4ccccc4)cccc3-c3ccc(F)cc3)c3ccccc32)c1. The van der Waals surface area contributed by atoms with Gasteiger partial charge in [0.05, 0.1) is 28.1 Å². The fourth-order valence-electron chi connectivity index (χ4n) is 10.1. The normalized spacial score (nSPS) is 12.6. The molecule has 2 aromatic heterocycles. The molecule has 1 aliphatic heterocycles. The number of pyridine rings is 1. The Morgan fingerprint density at radius 1 is 0.544 bits per heavy atom. The van der Waals surface area contributed by atoms with Gasteiger partial charge in [-0.2, -0.15) is 0 Å². The summed E-state index contributed by atoms with van der Waals surface area (Å²) < 4.78 is 23.8. The molecule has 0 saturated heterocycles. The van der Waals surface area contributed by atoms with Gasteiger partial charge in [0.2, 0.25) is 0 Å². The van der Waals surface area contributed by atoms with E-state index in [0.717, 1.165) is 97.1 Å². The molecule has 6 heteroatoms. The predicted octanol–water partition coefficient (Wildman–Crippen LogP) is 16.8. The lowest BCUT2D eigenvalue weighted by Gasteiger charge is -2.27. The van der Waals surface area contributed by atoms with E-state index >= 15 is 0 Å². The van der Waals surface area contributed by atoms with E-state index in [2.05, 4.69) is 207 Å². The number of para-hydroxylation sites is 4. The third-order valence-electron chi connectivity index (χ3n) is 13.5. The van der Waals surface area contributed by atoms with Crippen LogP contribution in [0.1, 0.15) is 51.3 Å². The summed E-state index contributed by atoms with van der Waals surface area (Å²) in [4.78, 5) is 9.75. The molecule has 0 bridgehead atoms. The summed E-state index contributed by atoms with van der Waals surface area (Å²) in [6, 6.07) is 65.2. The number of aromatic nitrogens is 2. The van der Waals surface area contributed by atoms with Crippen molar-refractivity contribution in [2.75, 3.05) is 16.5 Å². The lowest BCUT2D eigenvalue weighted by molar-refractivity contribution is 0.483. The van der Waals surface area contributed by atoms with Crippen LogP contribution in [0.25, 0.3) is 61.0 Å². The van der Waals surface area contributed by atoms with Crippen molar-refractivity contribution in [1.82, 2.24) is 9.55 Å². The number of ether oxygens (including phenoxy) is 1. The van der Waals surface area contributed by atoms with Crippen LogP contribution in [0.2, 0.25) is 0 Å². The number of anilines is 4. The summed E-state index contributed by atoms with van der Waals surface area (Å²) in [5.74, 6) is 2.10. The summed E-state index contributed by atoms with van der Waals surface area (Å²) in [5.41, 5.74) is 16.7. The number of fused-ring (bicyclic) bond motifs is 4. The van der Waals surface area contributed by atoms with Gasteiger partial charge in [-0.1, -0.05) is 144 Å². The van der Waals surface area contributed by atoms with Crippen molar-refractivity contribution in [3.05, 3.63) is 217 Å². The van der Waals surface area contributed by atoms with Crippen LogP contribution >= 0.6 is 0 Å². The van der Waals surface area contributed by atoms with Crippen molar-refractivity contribution >= 4 is 44.6 Å². The second kappa shape index (κ2) is 17.4. The molecule has 334 valence electrons. The highest BCUT2D eigenvalue weighted by molar-refractivity contribution is 6.09. The van der Waals surface area contributed by atoms with E-state index in [-0.39, 0.29) is 11.2 Å². The van der Waals surface area contributed by atoms with Crippen LogP contribution in [0.15, 0.2) is 194 Å². The third-order valence-corrected chi connectivity index (χ3v) is 13.5. The summed E-state index contributed by atoms with van der Waals surface area (Å²) in [5, 5.41) is 2.30. The smallest absolute Gasteiger partial charge is 0.137 e. The Morgan fingerprint density at radius 3 is 1.91 bits per heavy atom. The van der Waals surface area contributed by atoms with E-state index in [1.54, 1.807) is 12.1 Å². The minimum absolute atomic E-state index is 0.0372. The van der Waals surface area contributed by atoms with Gasteiger partial charge in [0.25, 0.3) is 0 Å². The average molecular weight is 889 g/mol. The van der Waals surface area contributed by atoms with Crippen LogP contribution in [-0.2, 0) is 18.3 Å². The van der Waals surface area contributed by atoms with Gasteiger partial charge in [0.15, 0.2) is 0 Å². The molecule has 0 amide bonds. The molecule has 0 unspecified atom stereocenters. The van der Waals surface area contributed by atoms with Crippen LogP contribution in [0.4, 0.5) is 27.1 Å². The number of hydrogen-bond acceptors (Lipinski definition) is 4. The van der Waals surface area contributed by atoms with Crippen molar-refractivity contribution in [2.24, 2.45) is 0 Å². The molecule has 1 aliphatic rings. The highest BCUT2D eigenvalue weighted by atomic mass is 19.1. The van der Waals surface area contributed by atoms with E-state index in [1.807, 2.05) is 24.4 Å². The molecule has 0 atom stereocenters. The molecule has 5 nitrogen and oxygen atoms in total. The largest absolute Gasteiger partial charge is 0.457 e. The van der Waals surface area contributed by atoms with E-state index < -0.39 is 0 Å². The van der Waals surface area contributed by atoms with Crippen LogP contribution in [0.5, 0.6) is 11.5 Å². The van der Waals surface area contributed by atoms with Gasteiger partial charge in [-0.05, 0) is 124 Å². The summed E-state index contributed by atoms with van der Waals surface area (Å²) in [6.45, 7) is 11.7. The molecule has 68 heavy (non-hydrogen) atoms. The fraction of sp³-hybridized carbons (Fsp3) is 0.145. The Balaban J connectivity index is 1.08. The molecule has 11 rings (SSSR count). The van der Waals surface area contributed by atoms with E-state index in [4.69, 9.17) is 9.72 Å². The first kappa shape index (κ1) is 42.7. The number of benzene rings is 8. The minimum atomic E-state index is -0.258. The topological polar surface area (TPSA) is 33.5 Å². The summed E-state index contributed by atoms with van der Waals surface area (Å²) in [6.07, 6.45) is 3.72. The third kappa shape index (κ3) is 7.66. The van der Waals surface area contributed by atoms with Gasteiger partial charge >= 0.3 is 0 Å². The van der Waals surface area contributed by atoms with Crippen molar-refractivity contribution in [3.63, 3.8) is 0 Å². The first-order chi connectivity index (χ1) is 33.2. The highest BCUT2D eigenvalue weighted by Gasteiger charge is 2.32. The maximum atomic E-state index is 14.4. The Kier molecular flexibility index (Phi) is 10.9. The lowest BCUT2D eigenvalue weighted by Crippen LogP contribution is -2.25. The highest BCUT2D eigenvalue weighted by Crippen LogP contribution is 2.51. The molecule has 0 aliphatic carbocycles. The molecule has 0 fully saturated rings. The number of nitrogens with zero attached hydrogens (tertiary/aromatic N) is 4. The molecular formula is C62H53FN4O. The summed E-state index contributed by atoms with van der Waals surface area (Å²) in [7, 11) is 0. The second-order valence-corrected chi connectivity index (χ2v) is 18.7. The Morgan fingerprint density at radius 2 is 1.19 bits per heavy atom. The number of hydrogen-bond donors (Lipinski definition) is 0. The minimum Gasteiger partial charge on any atom is -0.457 e. The zero-order chi connectivity index (χ0) is 46.5. The van der Waals surface area contributed by atoms with Gasteiger partial charge in [-0.3, -0.25) is 4.57 Å². The molecule has 3 heterocycles. The number of aryl methyl sites for hydroxylation is 2. The maximum Gasteiger partial charge on any atom is 0.137 e. The van der Waals surface area contributed by atoms with Crippen LogP contribution in [-0.4, -0.2) is 16.2 Å². The van der Waals surface area contributed by atoms with Gasteiger partial charge in [0, 0.05) is 45.9 Å². The molecule has 0 saturated carbocycles. The standard InChI is InChI=1S/C62H53FN4O/c1-6-41-19-15-20-42(7-2)60(41)45-35-48(38-50(36-45)68-49-31-32-54-53-21-11-12-24-55(53)67(58(54)39-49)59-37-46(33-34-64-59)62(3,4)5)65-40-66(57-26-14-13-25-56(57)65)61-51(43-17-9-8-10-18-43)22-16-23-52(61)44-27-29-47(63)30-28-44/h8-39H,6-7,40H2,1-5H3. The number of halogens is 1. The van der Waals surface area contributed by atoms with Gasteiger partial charge in [-0.25, -0.2) is 9.37 Å². The quantitative estimate of drug-likeness (QED) is 0.137. The van der Waals surface area contributed by atoms with Crippen molar-refractivity contribution < 1.29 is 9.13 Å².